The van der Waals surface area contributed by atoms with Crippen molar-refractivity contribution in [1.82, 2.24) is 19.3 Å². The number of benzene rings is 2. The lowest BCUT2D eigenvalue weighted by Gasteiger charge is -2.31. The van der Waals surface area contributed by atoms with Crippen LogP contribution in [0.1, 0.15) is 38.3 Å². The van der Waals surface area contributed by atoms with E-state index in [4.69, 9.17) is 9.47 Å². The largest absolute Gasteiger partial charge is 0.488 e. The van der Waals surface area contributed by atoms with Crippen molar-refractivity contribution in [3.63, 3.8) is 0 Å². The normalized spacial score (nSPS) is 14.9. The van der Waals surface area contributed by atoms with Gasteiger partial charge in [-0.1, -0.05) is 13.3 Å². The van der Waals surface area contributed by atoms with E-state index in [1.54, 1.807) is 6.07 Å². The maximum absolute atomic E-state index is 14.4. The fraction of sp³-hybridized carbons (Fsp3) is 0.367. The van der Waals surface area contributed by atoms with Gasteiger partial charge in [-0.15, -0.1) is 0 Å². The van der Waals surface area contributed by atoms with E-state index in [0.29, 0.717) is 71.9 Å². The minimum atomic E-state index is -4.48. The molecule has 0 atom stereocenters. The summed E-state index contributed by atoms with van der Waals surface area (Å²) in [5.41, 5.74) is 2.24. The number of hydrogen-bond acceptors (Lipinski definition) is 9. The number of fused-ring (bicyclic) bond motifs is 1. The van der Waals surface area contributed by atoms with Crippen LogP contribution in [-0.4, -0.2) is 68.1 Å². The number of hydrogen-bond donors (Lipinski definition) is 1. The third kappa shape index (κ3) is 7.15. The van der Waals surface area contributed by atoms with E-state index < -0.39 is 36.6 Å². The van der Waals surface area contributed by atoms with Crippen molar-refractivity contribution in [1.29, 1.82) is 0 Å². The van der Waals surface area contributed by atoms with Crippen LogP contribution in [0.15, 0.2) is 53.8 Å². The number of ether oxygens (including phenoxy) is 2. The predicted octanol–water partition coefficient (Wildman–Crippen LogP) is 5.06. The topological polar surface area (TPSA) is 141 Å². The fourth-order valence-corrected chi connectivity index (χ4v) is 7.91. The second-order valence-corrected chi connectivity index (χ2v) is 14.4. The Morgan fingerprint density at radius 2 is 1.76 bits per heavy atom. The average Bonchev–Trinajstić information content (AvgIpc) is 3.00. The van der Waals surface area contributed by atoms with E-state index in [-0.39, 0.29) is 23.4 Å². The smallest absolute Gasteiger partial charge is 0.264 e. The molecule has 3 heterocycles. The molecule has 0 amide bonds. The third-order valence-electron chi connectivity index (χ3n) is 7.55. The maximum Gasteiger partial charge on any atom is 0.264 e. The van der Waals surface area contributed by atoms with Gasteiger partial charge in [-0.05, 0) is 62.1 Å². The van der Waals surface area contributed by atoms with Gasteiger partial charge < -0.3 is 9.47 Å². The number of pyridine rings is 1. The Morgan fingerprint density at radius 1 is 1.00 bits per heavy atom. The van der Waals surface area contributed by atoms with Gasteiger partial charge in [-0.3, -0.25) is 4.72 Å². The lowest BCUT2D eigenvalue weighted by atomic mass is 10.0. The molecule has 15 heteroatoms. The number of nitrogens with zero attached hydrogens (tertiary/aromatic N) is 4. The molecule has 2 aromatic heterocycles. The van der Waals surface area contributed by atoms with Gasteiger partial charge in [0.25, 0.3) is 10.0 Å². The fourth-order valence-electron chi connectivity index (χ4n) is 5.12. The highest BCUT2D eigenvalue weighted by atomic mass is 32.2. The molecule has 1 saturated heterocycles. The van der Waals surface area contributed by atoms with Gasteiger partial charge in [-0.25, -0.2) is 44.9 Å². The highest BCUT2D eigenvalue weighted by molar-refractivity contribution is 7.92. The monoisotopic (exact) mass is 661 g/mol. The molecule has 5 rings (SSSR count). The summed E-state index contributed by atoms with van der Waals surface area (Å²) in [6.07, 6.45) is 5.06. The van der Waals surface area contributed by atoms with Crippen LogP contribution < -0.4 is 14.2 Å². The molecule has 2 aromatic carbocycles. The van der Waals surface area contributed by atoms with Gasteiger partial charge in [0.15, 0.2) is 0 Å². The van der Waals surface area contributed by atoms with Crippen LogP contribution in [0.2, 0.25) is 0 Å². The van der Waals surface area contributed by atoms with Crippen molar-refractivity contribution in [2.75, 3.05) is 30.7 Å². The summed E-state index contributed by atoms with van der Waals surface area (Å²) in [5.74, 6) is -1.65. The molecule has 1 aliphatic rings. The summed E-state index contributed by atoms with van der Waals surface area (Å²) in [4.78, 5) is 12.3. The first-order valence-electron chi connectivity index (χ1n) is 14.3. The minimum absolute atomic E-state index is 0.0673. The third-order valence-corrected chi connectivity index (χ3v) is 10.9. The van der Waals surface area contributed by atoms with E-state index in [9.17, 15) is 25.6 Å². The summed E-state index contributed by atoms with van der Waals surface area (Å²) < 4.78 is 94.7. The number of aryl methyl sites for hydroxylation is 1. The Labute approximate surface area is 260 Å². The Bertz CT molecular complexity index is 1940. The summed E-state index contributed by atoms with van der Waals surface area (Å²) >= 11 is 0. The molecule has 4 aromatic rings. The Morgan fingerprint density at radius 3 is 2.44 bits per heavy atom. The number of anilines is 1. The van der Waals surface area contributed by atoms with Gasteiger partial charge in [0.2, 0.25) is 15.9 Å². The van der Waals surface area contributed by atoms with Crippen molar-refractivity contribution >= 4 is 36.6 Å². The van der Waals surface area contributed by atoms with Crippen LogP contribution in [-0.2, 0) is 20.0 Å². The van der Waals surface area contributed by atoms with Gasteiger partial charge in [0.05, 0.1) is 12.9 Å². The summed E-state index contributed by atoms with van der Waals surface area (Å²) in [6, 6.07) is 7.21. The highest BCUT2D eigenvalue weighted by Gasteiger charge is 2.29. The van der Waals surface area contributed by atoms with Crippen molar-refractivity contribution < 1.29 is 35.1 Å². The molecule has 1 fully saturated rings. The number of piperidine rings is 1. The first-order chi connectivity index (χ1) is 21.4. The van der Waals surface area contributed by atoms with Crippen molar-refractivity contribution in [3.05, 3.63) is 66.3 Å². The summed E-state index contributed by atoms with van der Waals surface area (Å²) in [6.45, 7) is 4.47. The average molecular weight is 662 g/mol. The molecule has 0 unspecified atom stereocenters. The molecule has 1 N–H and O–H groups in total. The molecule has 0 bridgehead atoms. The predicted molar refractivity (Wildman–Crippen MR) is 165 cm³/mol. The molecular weight excluding hydrogens is 628 g/mol. The standard InChI is InChI=1S/C30H33F2N5O6S2/c1-4-5-12-44(38,39)37-10-8-23(9-11-37)43-27-15-20(13-24-19(2)34-18-35-29(24)27)21-14-26(30(42-3)33-17-21)36-45(40,41)28-7-6-22(31)16-25(28)32/h6-7,13-18,23,36H,4-5,8-12H2,1-3H3. The molecule has 1 aliphatic heterocycles. The van der Waals surface area contributed by atoms with Crippen LogP contribution in [0.4, 0.5) is 14.5 Å². The van der Waals surface area contributed by atoms with E-state index in [1.807, 2.05) is 19.9 Å². The molecule has 45 heavy (non-hydrogen) atoms. The van der Waals surface area contributed by atoms with Gasteiger partial charge in [0.1, 0.15) is 45.9 Å². The minimum Gasteiger partial charge on any atom is -0.488 e. The van der Waals surface area contributed by atoms with Crippen LogP contribution in [0.5, 0.6) is 11.6 Å². The second-order valence-electron chi connectivity index (χ2n) is 10.7. The zero-order valence-corrected chi connectivity index (χ0v) is 26.6. The van der Waals surface area contributed by atoms with E-state index in [1.165, 1.54) is 30.0 Å². The summed E-state index contributed by atoms with van der Waals surface area (Å²) in [5, 5.41) is 0.691. The Balaban J connectivity index is 1.46. The highest BCUT2D eigenvalue weighted by Crippen LogP contribution is 2.36. The lowest BCUT2D eigenvalue weighted by Crippen LogP contribution is -2.42. The van der Waals surface area contributed by atoms with Gasteiger partial charge >= 0.3 is 0 Å². The van der Waals surface area contributed by atoms with Crippen molar-refractivity contribution in [2.24, 2.45) is 0 Å². The molecule has 11 nitrogen and oxygen atoms in total. The van der Waals surface area contributed by atoms with Crippen LogP contribution >= 0.6 is 0 Å². The zero-order chi connectivity index (χ0) is 32.4. The van der Waals surface area contributed by atoms with Gasteiger partial charge in [-0.2, -0.15) is 0 Å². The van der Waals surface area contributed by atoms with E-state index >= 15 is 0 Å². The van der Waals surface area contributed by atoms with Crippen molar-refractivity contribution in [2.45, 2.75) is 50.5 Å². The molecule has 0 spiro atoms. The first kappa shape index (κ1) is 32.4. The zero-order valence-electron chi connectivity index (χ0n) is 25.0. The van der Waals surface area contributed by atoms with Crippen LogP contribution in [0, 0.1) is 18.6 Å². The molecule has 0 radical (unpaired) electrons. The van der Waals surface area contributed by atoms with Gasteiger partial charge in [0, 0.05) is 42.0 Å². The quantitative estimate of drug-likeness (QED) is 0.234. The number of unbranched alkanes of at least 4 members (excludes halogenated alkanes) is 1. The number of nitrogens with one attached hydrogen (secondary N) is 1. The van der Waals surface area contributed by atoms with Crippen LogP contribution in [0.3, 0.4) is 0 Å². The Kier molecular flexibility index (Phi) is 9.51. The SMILES string of the molecule is CCCCS(=O)(=O)N1CCC(Oc2cc(-c3cnc(OC)c(NS(=O)(=O)c4ccc(F)cc4F)c3)cc3c(C)ncnc23)CC1. The number of sulfonamides is 2. The van der Waals surface area contributed by atoms with E-state index in [2.05, 4.69) is 19.7 Å². The number of rotatable bonds is 11. The lowest BCUT2D eigenvalue weighted by molar-refractivity contribution is 0.136. The molecule has 0 aliphatic carbocycles. The number of aromatic nitrogens is 3. The summed E-state index contributed by atoms with van der Waals surface area (Å²) in [7, 11) is -6.49. The van der Waals surface area contributed by atoms with E-state index in [0.717, 1.165) is 18.6 Å². The second kappa shape index (κ2) is 13.2. The molecule has 0 saturated carbocycles. The number of halogens is 2. The maximum atomic E-state index is 14.4. The van der Waals surface area contributed by atoms with Crippen LogP contribution in [0.25, 0.3) is 22.0 Å². The Hall–Kier alpha value is -3.95. The first-order valence-corrected chi connectivity index (χ1v) is 17.4. The van der Waals surface area contributed by atoms with Crippen molar-refractivity contribution in [3.8, 4) is 22.8 Å². The number of methoxy groups -OCH3 is 1. The molecular formula is C30H33F2N5O6S2. The molecule has 240 valence electrons.